The number of rotatable bonds is 3. The van der Waals surface area contributed by atoms with Gasteiger partial charge in [0.25, 0.3) is 0 Å². The lowest BCUT2D eigenvalue weighted by atomic mass is 10.0. The SMILES string of the molecule is COc1ccc(C(C)C)c(O)c1P(C(C)(C)C)C(C)(C)C. The standard InChI is InChI=1S/C18H31O2P/c1-12(2)13-10-11-14(20-9)16(15(13)19)21(17(3,4)5)18(6,7)8/h10-12,19H,1-9H3. The van der Waals surface area contributed by atoms with Crippen LogP contribution in [0.1, 0.15) is 66.9 Å². The summed E-state index contributed by atoms with van der Waals surface area (Å²) in [5.41, 5.74) is 1.01. The summed E-state index contributed by atoms with van der Waals surface area (Å²) >= 11 is 0. The topological polar surface area (TPSA) is 29.5 Å². The van der Waals surface area contributed by atoms with Gasteiger partial charge in [-0.1, -0.05) is 69.4 Å². The van der Waals surface area contributed by atoms with E-state index in [4.69, 9.17) is 4.74 Å². The Morgan fingerprint density at radius 3 is 1.81 bits per heavy atom. The highest BCUT2D eigenvalue weighted by Crippen LogP contribution is 2.61. The van der Waals surface area contributed by atoms with E-state index in [1.807, 2.05) is 12.1 Å². The molecule has 0 fully saturated rings. The molecule has 0 aromatic heterocycles. The molecule has 0 atom stereocenters. The maximum atomic E-state index is 10.9. The lowest BCUT2D eigenvalue weighted by Crippen LogP contribution is -2.32. The number of methoxy groups -OCH3 is 1. The first-order valence-electron chi connectivity index (χ1n) is 7.61. The number of phenolic OH excluding ortho intramolecular Hbond substituents is 1. The zero-order valence-corrected chi connectivity index (χ0v) is 15.9. The van der Waals surface area contributed by atoms with Crippen molar-refractivity contribution in [3.8, 4) is 11.5 Å². The van der Waals surface area contributed by atoms with Crippen LogP contribution in [0, 0.1) is 0 Å². The van der Waals surface area contributed by atoms with E-state index in [-0.39, 0.29) is 10.3 Å². The fourth-order valence-electron chi connectivity index (χ4n) is 3.10. The molecule has 3 heteroatoms. The third kappa shape index (κ3) is 3.92. The van der Waals surface area contributed by atoms with Crippen molar-refractivity contribution in [2.24, 2.45) is 0 Å². The van der Waals surface area contributed by atoms with E-state index in [2.05, 4.69) is 55.4 Å². The summed E-state index contributed by atoms with van der Waals surface area (Å²) in [5.74, 6) is 1.54. The highest BCUT2D eigenvalue weighted by Gasteiger charge is 2.39. The van der Waals surface area contributed by atoms with Crippen LogP contribution in [0.2, 0.25) is 0 Å². The lowest BCUT2D eigenvalue weighted by molar-refractivity contribution is 0.411. The Morgan fingerprint density at radius 2 is 1.48 bits per heavy atom. The molecular weight excluding hydrogens is 279 g/mol. The van der Waals surface area contributed by atoms with Gasteiger partial charge in [0, 0.05) is 0 Å². The Hall–Kier alpha value is -0.750. The normalized spacial score (nSPS) is 13.1. The molecule has 0 aliphatic rings. The summed E-state index contributed by atoms with van der Waals surface area (Å²) in [6, 6.07) is 4.00. The van der Waals surface area contributed by atoms with Crippen LogP contribution in [0.4, 0.5) is 0 Å². The minimum absolute atomic E-state index is 0.0912. The molecule has 0 aliphatic heterocycles. The molecule has 0 bridgehead atoms. The Bertz CT molecular complexity index is 479. The molecule has 1 aromatic carbocycles. The monoisotopic (exact) mass is 310 g/mol. The second kappa shape index (κ2) is 6.16. The van der Waals surface area contributed by atoms with Gasteiger partial charge >= 0.3 is 0 Å². The first-order valence-corrected chi connectivity index (χ1v) is 8.95. The number of phenols is 1. The Balaban J connectivity index is 3.68. The Kier molecular flexibility index (Phi) is 5.37. The molecule has 1 N–H and O–H groups in total. The molecule has 120 valence electrons. The minimum atomic E-state index is -0.601. The lowest BCUT2D eigenvalue weighted by Gasteiger charge is -2.42. The van der Waals surface area contributed by atoms with E-state index in [1.165, 1.54) is 0 Å². The summed E-state index contributed by atoms with van der Waals surface area (Å²) in [6.07, 6.45) is 0. The van der Waals surface area contributed by atoms with Gasteiger partial charge in [0.1, 0.15) is 11.5 Å². The van der Waals surface area contributed by atoms with E-state index in [1.54, 1.807) is 7.11 Å². The highest BCUT2D eigenvalue weighted by atomic mass is 31.1. The third-order valence-corrected chi connectivity index (χ3v) is 7.12. The maximum Gasteiger partial charge on any atom is 0.130 e. The Morgan fingerprint density at radius 1 is 1.00 bits per heavy atom. The van der Waals surface area contributed by atoms with Crippen LogP contribution < -0.4 is 10.0 Å². The average Bonchev–Trinajstić information content (AvgIpc) is 2.27. The predicted molar refractivity (Wildman–Crippen MR) is 94.8 cm³/mol. The number of hydrogen-bond donors (Lipinski definition) is 1. The minimum Gasteiger partial charge on any atom is -0.507 e. The molecule has 2 nitrogen and oxygen atoms in total. The van der Waals surface area contributed by atoms with Gasteiger partial charge in [-0.3, -0.25) is 0 Å². The molecule has 0 aliphatic carbocycles. The van der Waals surface area contributed by atoms with E-state index >= 15 is 0 Å². The first-order chi connectivity index (χ1) is 9.41. The molecule has 0 saturated heterocycles. The van der Waals surface area contributed by atoms with Crippen LogP contribution in [0.3, 0.4) is 0 Å². The molecule has 1 rings (SSSR count). The molecule has 1 aromatic rings. The van der Waals surface area contributed by atoms with Gasteiger partial charge in [0.15, 0.2) is 0 Å². The quantitative estimate of drug-likeness (QED) is 0.775. The van der Waals surface area contributed by atoms with Crippen molar-refractivity contribution in [2.45, 2.75) is 71.6 Å². The second-order valence-electron chi connectivity index (χ2n) is 7.89. The van der Waals surface area contributed by atoms with Gasteiger partial charge in [-0.05, 0) is 27.9 Å². The third-order valence-electron chi connectivity index (χ3n) is 3.55. The van der Waals surface area contributed by atoms with Gasteiger partial charge in [-0.2, -0.15) is 0 Å². The van der Waals surface area contributed by atoms with Crippen LogP contribution in [0.5, 0.6) is 11.5 Å². The fraction of sp³-hybridized carbons (Fsp3) is 0.667. The van der Waals surface area contributed by atoms with Crippen molar-refractivity contribution >= 4 is 13.2 Å². The molecule has 0 amide bonds. The molecule has 21 heavy (non-hydrogen) atoms. The first kappa shape index (κ1) is 18.3. The van der Waals surface area contributed by atoms with Crippen LogP contribution in [0.25, 0.3) is 0 Å². The van der Waals surface area contributed by atoms with Gasteiger partial charge in [-0.15, -0.1) is 0 Å². The predicted octanol–water partition coefficient (Wildman–Crippen LogP) is 5.23. The maximum absolute atomic E-state index is 10.9. The smallest absolute Gasteiger partial charge is 0.130 e. The largest absolute Gasteiger partial charge is 0.507 e. The van der Waals surface area contributed by atoms with Crippen molar-refractivity contribution in [3.63, 3.8) is 0 Å². The van der Waals surface area contributed by atoms with E-state index in [0.717, 1.165) is 16.6 Å². The summed E-state index contributed by atoms with van der Waals surface area (Å²) in [4.78, 5) is 0. The van der Waals surface area contributed by atoms with E-state index in [0.29, 0.717) is 11.7 Å². The number of benzene rings is 1. The van der Waals surface area contributed by atoms with Crippen molar-refractivity contribution in [2.75, 3.05) is 7.11 Å². The number of aromatic hydroxyl groups is 1. The van der Waals surface area contributed by atoms with Crippen molar-refractivity contribution in [1.29, 1.82) is 0 Å². The summed E-state index contributed by atoms with van der Waals surface area (Å²) in [7, 11) is 1.09. The van der Waals surface area contributed by atoms with Crippen LogP contribution in [-0.2, 0) is 0 Å². The molecule has 0 spiro atoms. The van der Waals surface area contributed by atoms with Crippen LogP contribution in [-0.4, -0.2) is 22.5 Å². The van der Waals surface area contributed by atoms with Gasteiger partial charge < -0.3 is 9.84 Å². The van der Waals surface area contributed by atoms with Crippen molar-refractivity contribution < 1.29 is 9.84 Å². The second-order valence-corrected chi connectivity index (χ2v) is 11.7. The summed E-state index contributed by atoms with van der Waals surface area (Å²) in [6.45, 7) is 17.8. The van der Waals surface area contributed by atoms with Gasteiger partial charge in [-0.25, -0.2) is 0 Å². The molecular formula is C18H31O2P. The molecule has 0 saturated carbocycles. The number of hydrogen-bond acceptors (Lipinski definition) is 2. The molecule has 0 radical (unpaired) electrons. The van der Waals surface area contributed by atoms with Crippen molar-refractivity contribution in [3.05, 3.63) is 17.7 Å². The average molecular weight is 310 g/mol. The van der Waals surface area contributed by atoms with E-state index < -0.39 is 7.92 Å². The van der Waals surface area contributed by atoms with E-state index in [9.17, 15) is 5.11 Å². The summed E-state index contributed by atoms with van der Waals surface area (Å²) < 4.78 is 5.59. The summed E-state index contributed by atoms with van der Waals surface area (Å²) in [5, 5.41) is 12.1. The van der Waals surface area contributed by atoms with Gasteiger partial charge in [0.05, 0.1) is 12.4 Å². The Labute approximate surface area is 131 Å². The number of ether oxygens (including phenoxy) is 1. The zero-order valence-electron chi connectivity index (χ0n) is 15.0. The van der Waals surface area contributed by atoms with Crippen molar-refractivity contribution in [1.82, 2.24) is 0 Å². The van der Waals surface area contributed by atoms with Crippen LogP contribution >= 0.6 is 7.92 Å². The fourth-order valence-corrected chi connectivity index (χ4v) is 7.18. The van der Waals surface area contributed by atoms with Gasteiger partial charge in [0.2, 0.25) is 0 Å². The molecule has 0 unspecified atom stereocenters. The molecule has 0 heterocycles. The zero-order chi connectivity index (χ0) is 16.6. The van der Waals surface area contributed by atoms with Crippen LogP contribution in [0.15, 0.2) is 12.1 Å². The highest BCUT2D eigenvalue weighted by molar-refractivity contribution is 7.69.